The van der Waals surface area contributed by atoms with E-state index in [1.807, 2.05) is 16.8 Å². The van der Waals surface area contributed by atoms with Gasteiger partial charge in [0.25, 0.3) is 0 Å². The van der Waals surface area contributed by atoms with E-state index in [1.165, 1.54) is 17.0 Å². The van der Waals surface area contributed by atoms with Gasteiger partial charge in [-0.3, -0.25) is 0 Å². The molecule has 4 aliphatic heterocycles. The zero-order valence-corrected chi connectivity index (χ0v) is 24.0. The zero-order chi connectivity index (χ0) is 30.6. The lowest BCUT2D eigenvalue weighted by Crippen LogP contribution is -2.43. The summed E-state index contributed by atoms with van der Waals surface area (Å²) in [6.07, 6.45) is 1.15. The SMILES string of the molecule is CC[C@@]1(O)C(=C=O)OCC2=C1C=C1C3=C(CN1C2=C=O)N(CCN(C)C(=O)OC(C)(C)C)c1ccc(F)cc1C3=C=O. The summed E-state index contributed by atoms with van der Waals surface area (Å²) in [6.45, 7) is 7.38. The van der Waals surface area contributed by atoms with E-state index < -0.39 is 23.1 Å². The number of fused-ring (bicyclic) bond motifs is 3. The number of likely N-dealkylation sites (N-methyl/N-ethyl adjacent to an activating group) is 1. The third-order valence-electron chi connectivity index (χ3n) is 7.75. The van der Waals surface area contributed by atoms with Gasteiger partial charge in [0, 0.05) is 53.8 Å². The van der Waals surface area contributed by atoms with Gasteiger partial charge >= 0.3 is 6.09 Å². The molecule has 0 fully saturated rings. The summed E-state index contributed by atoms with van der Waals surface area (Å²) in [4.78, 5) is 54.1. The third kappa shape index (κ3) is 4.49. The molecule has 0 unspecified atom stereocenters. The summed E-state index contributed by atoms with van der Waals surface area (Å²) in [7, 11) is 1.60. The van der Waals surface area contributed by atoms with Gasteiger partial charge in [0.15, 0.2) is 17.5 Å². The van der Waals surface area contributed by atoms with Crippen LogP contribution in [0.2, 0.25) is 0 Å². The number of aliphatic hydroxyl groups is 1. The Balaban J connectivity index is 1.64. The Bertz CT molecular complexity index is 1650. The van der Waals surface area contributed by atoms with Gasteiger partial charge in [-0.25, -0.2) is 23.6 Å². The van der Waals surface area contributed by atoms with Crippen LogP contribution in [0.4, 0.5) is 14.9 Å². The molecule has 1 aromatic carbocycles. The number of nitrogens with zero attached hydrogens (tertiary/aromatic N) is 3. The van der Waals surface area contributed by atoms with Gasteiger partial charge < -0.3 is 29.3 Å². The van der Waals surface area contributed by atoms with Crippen molar-refractivity contribution < 1.29 is 38.1 Å². The molecule has 0 aromatic heterocycles. The van der Waals surface area contributed by atoms with Crippen LogP contribution in [-0.2, 0) is 23.9 Å². The maximum absolute atomic E-state index is 14.5. The minimum absolute atomic E-state index is 0.0474. The molecular formula is C31H30FN3O7. The molecular weight excluding hydrogens is 545 g/mol. The molecule has 1 amide bonds. The normalized spacial score (nSPS) is 20.9. The second kappa shape index (κ2) is 10.3. The maximum Gasteiger partial charge on any atom is 0.410 e. The Morgan fingerprint density at radius 3 is 2.57 bits per heavy atom. The van der Waals surface area contributed by atoms with Gasteiger partial charge in [0.05, 0.1) is 17.8 Å². The average molecular weight is 576 g/mol. The molecule has 10 nitrogen and oxygen atoms in total. The van der Waals surface area contributed by atoms with E-state index in [0.717, 1.165) is 0 Å². The number of halogens is 1. The average Bonchev–Trinajstić information content (AvgIpc) is 3.32. The molecule has 1 aromatic rings. The van der Waals surface area contributed by atoms with Gasteiger partial charge in [-0.1, -0.05) is 6.92 Å². The summed E-state index contributed by atoms with van der Waals surface area (Å²) in [5.74, 6) is 4.72. The van der Waals surface area contributed by atoms with E-state index in [4.69, 9.17) is 9.47 Å². The fourth-order valence-corrected chi connectivity index (χ4v) is 5.70. The number of carbonyl (C=O) groups excluding carboxylic acids is 4. The van der Waals surface area contributed by atoms with Crippen molar-refractivity contribution in [3.63, 3.8) is 0 Å². The number of allylic oxidation sites excluding steroid dienone is 1. The predicted octanol–water partition coefficient (Wildman–Crippen LogP) is 3.09. The topological polar surface area (TPSA) is 117 Å². The summed E-state index contributed by atoms with van der Waals surface area (Å²) < 4.78 is 25.5. The van der Waals surface area contributed by atoms with Crippen LogP contribution in [0.5, 0.6) is 0 Å². The summed E-state index contributed by atoms with van der Waals surface area (Å²) in [6, 6.07) is 4.07. The molecule has 11 heteroatoms. The van der Waals surface area contributed by atoms with Crippen molar-refractivity contribution in [2.24, 2.45) is 0 Å². The fourth-order valence-electron chi connectivity index (χ4n) is 5.70. The van der Waals surface area contributed by atoms with Crippen molar-refractivity contribution in [3.8, 4) is 0 Å². The van der Waals surface area contributed by atoms with Crippen LogP contribution in [0.25, 0.3) is 5.57 Å². The number of hydrogen-bond donors (Lipinski definition) is 1. The van der Waals surface area contributed by atoms with Crippen LogP contribution in [0.1, 0.15) is 39.7 Å². The van der Waals surface area contributed by atoms with Crippen molar-refractivity contribution in [2.45, 2.75) is 45.3 Å². The number of carbonyl (C=O) groups is 1. The molecule has 0 aliphatic carbocycles. The van der Waals surface area contributed by atoms with Crippen LogP contribution >= 0.6 is 0 Å². The second-order valence-corrected chi connectivity index (χ2v) is 11.4. The first-order valence-electron chi connectivity index (χ1n) is 13.5. The van der Waals surface area contributed by atoms with Gasteiger partial charge in [-0.05, 0) is 51.5 Å². The molecule has 4 heterocycles. The zero-order valence-electron chi connectivity index (χ0n) is 24.0. The molecule has 0 saturated carbocycles. The molecule has 0 bridgehead atoms. The Labute approximate surface area is 242 Å². The van der Waals surface area contributed by atoms with Crippen LogP contribution in [0, 0.1) is 5.82 Å². The van der Waals surface area contributed by atoms with Crippen molar-refractivity contribution in [1.29, 1.82) is 0 Å². The highest BCUT2D eigenvalue weighted by Crippen LogP contribution is 2.52. The van der Waals surface area contributed by atoms with Crippen LogP contribution in [-0.4, -0.2) is 83.3 Å². The first-order valence-corrected chi connectivity index (χ1v) is 13.5. The minimum Gasteiger partial charge on any atom is -0.479 e. The molecule has 1 N–H and O–H groups in total. The lowest BCUT2D eigenvalue weighted by molar-refractivity contribution is 0.0301. The molecule has 4 aliphatic rings. The van der Waals surface area contributed by atoms with Gasteiger partial charge in [-0.15, -0.1) is 0 Å². The minimum atomic E-state index is -1.86. The van der Waals surface area contributed by atoms with E-state index >= 15 is 0 Å². The van der Waals surface area contributed by atoms with Crippen molar-refractivity contribution >= 4 is 35.2 Å². The Morgan fingerprint density at radius 2 is 1.95 bits per heavy atom. The lowest BCUT2D eigenvalue weighted by atomic mass is 9.79. The Hall–Kier alpha value is -4.65. The van der Waals surface area contributed by atoms with Crippen molar-refractivity contribution in [1.82, 2.24) is 9.80 Å². The highest BCUT2D eigenvalue weighted by atomic mass is 19.1. The van der Waals surface area contributed by atoms with Gasteiger partial charge in [0.1, 0.15) is 29.7 Å². The van der Waals surface area contributed by atoms with Gasteiger partial charge in [-0.2, -0.15) is 0 Å². The highest BCUT2D eigenvalue weighted by molar-refractivity contribution is 6.06. The van der Waals surface area contributed by atoms with Crippen LogP contribution < -0.4 is 4.90 Å². The quantitative estimate of drug-likeness (QED) is 0.541. The fraction of sp³-hybridized carbons (Fsp3) is 0.387. The Kier molecular flexibility index (Phi) is 7.09. The molecule has 218 valence electrons. The summed E-state index contributed by atoms with van der Waals surface area (Å²) >= 11 is 0. The van der Waals surface area contributed by atoms with Crippen molar-refractivity contribution in [3.05, 3.63) is 75.2 Å². The molecule has 1 atom stereocenters. The van der Waals surface area contributed by atoms with E-state index in [2.05, 4.69) is 0 Å². The number of anilines is 1. The molecule has 0 radical (unpaired) electrons. The number of amides is 1. The summed E-state index contributed by atoms with van der Waals surface area (Å²) in [5, 5.41) is 11.5. The highest BCUT2D eigenvalue weighted by Gasteiger charge is 2.49. The first-order chi connectivity index (χ1) is 19.9. The number of ether oxygens (including phenoxy) is 2. The predicted molar refractivity (Wildman–Crippen MR) is 150 cm³/mol. The first kappa shape index (κ1) is 28.9. The Morgan fingerprint density at radius 1 is 1.21 bits per heavy atom. The van der Waals surface area contributed by atoms with E-state index in [1.54, 1.807) is 57.7 Å². The molecule has 0 spiro atoms. The molecule has 0 saturated heterocycles. The van der Waals surface area contributed by atoms with E-state index in [-0.39, 0.29) is 60.8 Å². The number of hydrogen-bond acceptors (Lipinski definition) is 9. The second-order valence-electron chi connectivity index (χ2n) is 11.4. The maximum atomic E-state index is 14.5. The third-order valence-corrected chi connectivity index (χ3v) is 7.75. The summed E-state index contributed by atoms with van der Waals surface area (Å²) in [5.41, 5.74) is 0.437. The van der Waals surface area contributed by atoms with Crippen LogP contribution in [0.15, 0.2) is 63.8 Å². The number of rotatable bonds is 4. The molecule has 5 rings (SSSR count). The van der Waals surface area contributed by atoms with Crippen LogP contribution in [0.3, 0.4) is 0 Å². The van der Waals surface area contributed by atoms with Gasteiger partial charge in [0.2, 0.25) is 5.76 Å². The van der Waals surface area contributed by atoms with Crippen molar-refractivity contribution in [2.75, 3.05) is 38.2 Å². The lowest BCUT2D eigenvalue weighted by Gasteiger charge is -2.39. The monoisotopic (exact) mass is 575 g/mol. The van der Waals surface area contributed by atoms with E-state index in [0.29, 0.717) is 28.2 Å². The smallest absolute Gasteiger partial charge is 0.410 e. The standard InChI is InChI=1S/C31H30FN3O7/c1-6-31(40)22-12-24-28-20(14-36)19-11-18(32)7-8-23(19)34(10-9-33(5)29(39)42-30(2,3)4)25(28)13-35(24)26(15-37)21(22)17-41-27(31)16-38/h7-8,11-12,40H,6,9-10,13,17H2,1-5H3/t31-/m0/s1. The number of benzene rings is 1. The van der Waals surface area contributed by atoms with E-state index in [9.17, 15) is 28.7 Å². The largest absolute Gasteiger partial charge is 0.479 e. The molecule has 42 heavy (non-hydrogen) atoms.